The monoisotopic (exact) mass is 331 g/mol. The molecule has 7 heteroatoms. The Balaban J connectivity index is 1.60. The zero-order valence-electron chi connectivity index (χ0n) is 13.5. The largest absolute Gasteiger partial charge is 0.328 e. The first-order valence-corrected chi connectivity index (χ1v) is 8.23. The quantitative estimate of drug-likeness (QED) is 0.578. The summed E-state index contributed by atoms with van der Waals surface area (Å²) in [5.74, 6) is 0.643. The van der Waals surface area contributed by atoms with Crippen molar-refractivity contribution < 1.29 is 0 Å². The number of hydrogen-bond donors (Lipinski definition) is 2. The van der Waals surface area contributed by atoms with Crippen LogP contribution in [0.4, 0.5) is 0 Å². The summed E-state index contributed by atoms with van der Waals surface area (Å²) in [6, 6.07) is 8.15. The van der Waals surface area contributed by atoms with E-state index in [1.165, 1.54) is 0 Å². The number of fused-ring (bicyclic) bond motifs is 2. The van der Waals surface area contributed by atoms with Crippen molar-refractivity contribution in [1.29, 1.82) is 0 Å². The highest BCUT2D eigenvalue weighted by molar-refractivity contribution is 5.86. The van der Waals surface area contributed by atoms with E-state index in [1.807, 2.05) is 41.3 Å². The second-order valence-corrected chi connectivity index (χ2v) is 6.74. The van der Waals surface area contributed by atoms with E-state index in [1.54, 1.807) is 6.20 Å². The number of rotatable bonds is 2. The third-order valence-corrected chi connectivity index (χ3v) is 4.88. The van der Waals surface area contributed by atoms with E-state index >= 15 is 0 Å². The van der Waals surface area contributed by atoms with Crippen molar-refractivity contribution in [2.75, 3.05) is 0 Å². The van der Waals surface area contributed by atoms with Crippen molar-refractivity contribution in [3.05, 3.63) is 54.9 Å². The molecule has 1 fully saturated rings. The van der Waals surface area contributed by atoms with Crippen molar-refractivity contribution in [3.63, 3.8) is 0 Å². The van der Waals surface area contributed by atoms with Crippen LogP contribution in [0.2, 0.25) is 0 Å². The lowest BCUT2D eigenvalue weighted by atomic mass is 9.73. The minimum Gasteiger partial charge on any atom is -0.328 e. The second-order valence-electron chi connectivity index (χ2n) is 6.74. The molecule has 4 heterocycles. The smallest absolute Gasteiger partial charge is 0.169 e. The fourth-order valence-electron chi connectivity index (χ4n) is 3.54. The van der Waals surface area contributed by atoms with E-state index in [2.05, 4.69) is 26.1 Å². The molecule has 1 saturated carbocycles. The molecule has 0 atom stereocenters. The van der Waals surface area contributed by atoms with E-state index in [0.717, 1.165) is 27.7 Å². The van der Waals surface area contributed by atoms with Gasteiger partial charge in [-0.15, -0.1) is 0 Å². The maximum absolute atomic E-state index is 6.35. The van der Waals surface area contributed by atoms with Gasteiger partial charge in [0, 0.05) is 41.1 Å². The van der Waals surface area contributed by atoms with Gasteiger partial charge in [0.25, 0.3) is 0 Å². The Morgan fingerprint density at radius 3 is 2.84 bits per heavy atom. The van der Waals surface area contributed by atoms with Gasteiger partial charge < -0.3 is 11.5 Å². The average Bonchev–Trinajstić information content (AvgIpc) is 3.03. The van der Waals surface area contributed by atoms with Gasteiger partial charge in [-0.1, -0.05) is 0 Å². The van der Waals surface area contributed by atoms with Gasteiger partial charge in [-0.3, -0.25) is 0 Å². The minimum atomic E-state index is -0.506. The minimum absolute atomic E-state index is 0.141. The normalized spacial score (nSPS) is 23.0. The molecule has 0 aliphatic heterocycles. The summed E-state index contributed by atoms with van der Waals surface area (Å²) in [6.45, 7) is 0. The van der Waals surface area contributed by atoms with Crippen molar-refractivity contribution in [2.24, 2.45) is 11.5 Å². The van der Waals surface area contributed by atoms with Gasteiger partial charge in [0.2, 0.25) is 0 Å². The fraction of sp³-hybridized carbons (Fsp3) is 0.222. The zero-order valence-corrected chi connectivity index (χ0v) is 13.5. The van der Waals surface area contributed by atoms with Gasteiger partial charge >= 0.3 is 0 Å². The average molecular weight is 331 g/mol. The van der Waals surface area contributed by atoms with Crippen molar-refractivity contribution in [2.45, 2.75) is 24.4 Å². The highest BCUT2D eigenvalue weighted by Crippen LogP contribution is 2.36. The first-order chi connectivity index (χ1) is 12.1. The van der Waals surface area contributed by atoms with Crippen LogP contribution in [0.15, 0.2) is 49.1 Å². The fourth-order valence-corrected chi connectivity index (χ4v) is 3.54. The molecule has 25 heavy (non-hydrogen) atoms. The van der Waals surface area contributed by atoms with Crippen LogP contribution in [0.25, 0.3) is 27.7 Å². The van der Waals surface area contributed by atoms with Crippen LogP contribution in [-0.2, 0) is 5.54 Å². The van der Waals surface area contributed by atoms with Gasteiger partial charge in [-0.25, -0.2) is 19.5 Å². The van der Waals surface area contributed by atoms with E-state index in [9.17, 15) is 0 Å². The number of nitrogens with two attached hydrogens (primary N) is 2. The number of nitrogens with zero attached hydrogens (tertiary/aromatic N) is 5. The van der Waals surface area contributed by atoms with E-state index in [4.69, 9.17) is 11.5 Å². The Bertz CT molecular complexity index is 1090. The van der Waals surface area contributed by atoms with Crippen LogP contribution in [-0.4, -0.2) is 30.6 Å². The predicted molar refractivity (Wildman–Crippen MR) is 94.6 cm³/mol. The van der Waals surface area contributed by atoms with Crippen molar-refractivity contribution >= 4 is 16.6 Å². The molecule has 0 saturated heterocycles. The number of pyridine rings is 2. The molecule has 0 bridgehead atoms. The molecule has 0 radical (unpaired) electrons. The summed E-state index contributed by atoms with van der Waals surface area (Å²) in [5, 5.41) is 5.61. The van der Waals surface area contributed by atoms with E-state index in [-0.39, 0.29) is 6.04 Å². The molecular weight excluding hydrogens is 314 g/mol. The highest BCUT2D eigenvalue weighted by Gasteiger charge is 2.43. The summed E-state index contributed by atoms with van der Waals surface area (Å²) in [7, 11) is 0. The molecule has 0 unspecified atom stereocenters. The Morgan fingerprint density at radius 1 is 1.12 bits per heavy atom. The topological polar surface area (TPSA) is 108 Å². The third-order valence-electron chi connectivity index (χ3n) is 4.88. The Morgan fingerprint density at radius 2 is 2.00 bits per heavy atom. The lowest BCUT2D eigenvalue weighted by Gasteiger charge is -2.41. The first-order valence-electron chi connectivity index (χ1n) is 8.23. The summed E-state index contributed by atoms with van der Waals surface area (Å²) in [4.78, 5) is 13.2. The zero-order chi connectivity index (χ0) is 17.0. The Hall–Kier alpha value is -2.90. The number of aromatic nitrogens is 5. The SMILES string of the molecule is NC1CC(N)(c2ncc3c(-c4cnc5ncccc5c4)ccn3n2)C1. The summed E-state index contributed by atoms with van der Waals surface area (Å²) < 4.78 is 1.82. The maximum atomic E-state index is 6.35. The van der Waals surface area contributed by atoms with Gasteiger partial charge in [0.1, 0.15) is 0 Å². The van der Waals surface area contributed by atoms with Crippen LogP contribution >= 0.6 is 0 Å². The molecular formula is C18H17N7. The van der Waals surface area contributed by atoms with Gasteiger partial charge in [-0.05, 0) is 37.1 Å². The summed E-state index contributed by atoms with van der Waals surface area (Å²) >= 11 is 0. The first kappa shape index (κ1) is 14.4. The third kappa shape index (κ3) is 2.20. The molecule has 0 aromatic carbocycles. The molecule has 4 aromatic rings. The number of hydrogen-bond acceptors (Lipinski definition) is 6. The molecule has 5 rings (SSSR count). The second kappa shape index (κ2) is 5.05. The highest BCUT2D eigenvalue weighted by atomic mass is 15.3. The van der Waals surface area contributed by atoms with Crippen LogP contribution in [0.3, 0.4) is 0 Å². The van der Waals surface area contributed by atoms with Crippen LogP contribution in [0, 0.1) is 0 Å². The summed E-state index contributed by atoms with van der Waals surface area (Å²) in [5.41, 5.74) is 15.4. The maximum Gasteiger partial charge on any atom is 0.169 e. The molecule has 4 aromatic heterocycles. The predicted octanol–water partition coefficient (Wildman–Crippen LogP) is 1.61. The van der Waals surface area contributed by atoms with Crippen LogP contribution < -0.4 is 11.5 Å². The van der Waals surface area contributed by atoms with Gasteiger partial charge in [-0.2, -0.15) is 5.10 Å². The molecule has 0 amide bonds. The lowest BCUT2D eigenvalue weighted by molar-refractivity contribution is 0.196. The molecule has 124 valence electrons. The molecule has 7 nitrogen and oxygen atoms in total. The standard InChI is InChI=1S/C18H17N7/c19-13-7-18(20,8-13)17-23-10-15-14(3-5-25(15)24-17)12-6-11-2-1-4-21-16(11)22-9-12/h1-6,9-10,13H,7-8,19-20H2. The molecule has 1 aliphatic carbocycles. The Kier molecular flexibility index (Phi) is 2.92. The van der Waals surface area contributed by atoms with Gasteiger partial charge in [0.05, 0.1) is 17.3 Å². The molecule has 0 spiro atoms. The van der Waals surface area contributed by atoms with Crippen molar-refractivity contribution in [1.82, 2.24) is 24.6 Å². The molecule has 1 aliphatic rings. The van der Waals surface area contributed by atoms with Gasteiger partial charge in [0.15, 0.2) is 11.5 Å². The van der Waals surface area contributed by atoms with E-state index in [0.29, 0.717) is 18.7 Å². The molecule has 4 N–H and O–H groups in total. The lowest BCUT2D eigenvalue weighted by Crippen LogP contribution is -2.56. The van der Waals surface area contributed by atoms with Crippen LogP contribution in [0.1, 0.15) is 18.7 Å². The van der Waals surface area contributed by atoms with E-state index < -0.39 is 5.54 Å². The Labute approximate surface area is 143 Å². The van der Waals surface area contributed by atoms with Crippen molar-refractivity contribution in [3.8, 4) is 11.1 Å². The summed E-state index contributed by atoms with van der Waals surface area (Å²) in [6.07, 6.45) is 8.75. The van der Waals surface area contributed by atoms with Crippen LogP contribution in [0.5, 0.6) is 0 Å².